The Hall–Kier alpha value is -3.69. The van der Waals surface area contributed by atoms with Crippen molar-refractivity contribution in [2.24, 2.45) is 0 Å². The molecule has 0 atom stereocenters. The van der Waals surface area contributed by atoms with E-state index in [1.54, 1.807) is 0 Å². The summed E-state index contributed by atoms with van der Waals surface area (Å²) in [6, 6.07) is 3.30. The van der Waals surface area contributed by atoms with Crippen LogP contribution in [0.4, 0.5) is 17.1 Å². The number of hydrogen-bond acceptors (Lipinski definition) is 12. The number of hydroxylamine groups is 2. The molecule has 2 amide bonds. The van der Waals surface area contributed by atoms with Crippen LogP contribution in [-0.2, 0) is 33.4 Å². The van der Waals surface area contributed by atoms with Crippen LogP contribution in [0.1, 0.15) is 12.8 Å². The number of imide groups is 1. The minimum atomic E-state index is -0.873. The van der Waals surface area contributed by atoms with Gasteiger partial charge in [-0.05, 0) is 6.07 Å². The maximum atomic E-state index is 11.5. The number of ether oxygens (including phenoxy) is 3. The van der Waals surface area contributed by atoms with Gasteiger partial charge in [0, 0.05) is 25.5 Å². The van der Waals surface area contributed by atoms with Crippen LogP contribution in [0.15, 0.2) is 18.2 Å². The van der Waals surface area contributed by atoms with Gasteiger partial charge in [-0.2, -0.15) is 0 Å². The SMILES string of the molecule is O=C(COCCOCCOCCNc1ccc([N+](=O)[O-])cc1[N+](=O)[O-])ON1C(=O)CCC1=O. The quantitative estimate of drug-likeness (QED) is 0.162. The van der Waals surface area contributed by atoms with E-state index in [1.807, 2.05) is 0 Å². The molecule has 1 aromatic carbocycles. The Balaban J connectivity index is 1.49. The van der Waals surface area contributed by atoms with Crippen molar-refractivity contribution in [1.29, 1.82) is 0 Å². The molecule has 1 saturated heterocycles. The second-order valence-corrected chi connectivity index (χ2v) is 6.46. The monoisotopic (exact) mass is 470 g/mol. The van der Waals surface area contributed by atoms with Crippen molar-refractivity contribution in [1.82, 2.24) is 5.06 Å². The molecule has 0 aromatic heterocycles. The zero-order valence-electron chi connectivity index (χ0n) is 17.4. The summed E-state index contributed by atoms with van der Waals surface area (Å²) in [6.45, 7) is 0.665. The molecule has 1 heterocycles. The van der Waals surface area contributed by atoms with Gasteiger partial charge in [-0.15, -0.1) is 5.06 Å². The van der Waals surface area contributed by atoms with E-state index in [4.69, 9.17) is 14.2 Å². The summed E-state index contributed by atoms with van der Waals surface area (Å²) in [5.41, 5.74) is -0.645. The standard InChI is InChI=1S/C18H22N4O11/c23-16-3-4-17(24)20(16)33-18(25)12-32-10-9-31-8-7-30-6-5-19-14-2-1-13(21(26)27)11-15(14)22(28)29/h1-2,11,19H,3-10,12H2. The summed E-state index contributed by atoms with van der Waals surface area (Å²) in [4.78, 5) is 59.1. The summed E-state index contributed by atoms with van der Waals surface area (Å²) >= 11 is 0. The van der Waals surface area contributed by atoms with Crippen molar-refractivity contribution >= 4 is 34.8 Å². The molecular formula is C18H22N4O11. The number of carbonyl (C=O) groups is 3. The fourth-order valence-electron chi connectivity index (χ4n) is 2.57. The molecule has 2 rings (SSSR count). The van der Waals surface area contributed by atoms with E-state index < -0.39 is 39.9 Å². The third-order valence-electron chi connectivity index (χ3n) is 4.11. The number of anilines is 1. The number of nitrogens with one attached hydrogen (secondary N) is 1. The van der Waals surface area contributed by atoms with E-state index in [0.717, 1.165) is 12.1 Å². The van der Waals surface area contributed by atoms with Crippen LogP contribution < -0.4 is 5.32 Å². The molecule has 1 aromatic rings. The molecule has 0 spiro atoms. The first-order valence-electron chi connectivity index (χ1n) is 9.76. The van der Waals surface area contributed by atoms with Crippen molar-refractivity contribution in [2.45, 2.75) is 12.8 Å². The van der Waals surface area contributed by atoms with E-state index in [1.165, 1.54) is 6.07 Å². The number of nitro benzene ring substituents is 2. The fourth-order valence-corrected chi connectivity index (χ4v) is 2.57. The number of non-ortho nitro benzene ring substituents is 1. The van der Waals surface area contributed by atoms with Gasteiger partial charge in [-0.3, -0.25) is 29.8 Å². The molecular weight excluding hydrogens is 448 g/mol. The summed E-state index contributed by atoms with van der Waals surface area (Å²) in [5, 5.41) is 25.0. The van der Waals surface area contributed by atoms with Crippen LogP contribution >= 0.6 is 0 Å². The van der Waals surface area contributed by atoms with E-state index in [-0.39, 0.29) is 63.8 Å². The van der Waals surface area contributed by atoms with Crippen molar-refractivity contribution in [3.63, 3.8) is 0 Å². The van der Waals surface area contributed by atoms with Crippen LogP contribution in [-0.4, -0.2) is 78.9 Å². The number of amides is 2. The van der Waals surface area contributed by atoms with E-state index >= 15 is 0 Å². The average molecular weight is 470 g/mol. The average Bonchev–Trinajstić information content (AvgIpc) is 3.09. The maximum Gasteiger partial charge on any atom is 0.358 e. The number of carbonyl (C=O) groups excluding carboxylic acids is 3. The van der Waals surface area contributed by atoms with Crippen molar-refractivity contribution in [3.8, 4) is 0 Å². The number of nitrogens with zero attached hydrogens (tertiary/aromatic N) is 3. The number of hydrogen-bond donors (Lipinski definition) is 1. The number of rotatable bonds is 15. The van der Waals surface area contributed by atoms with Gasteiger partial charge in [0.15, 0.2) is 0 Å². The lowest BCUT2D eigenvalue weighted by Gasteiger charge is -2.12. The lowest BCUT2D eigenvalue weighted by Crippen LogP contribution is -2.33. The molecule has 0 unspecified atom stereocenters. The first kappa shape index (κ1) is 25.6. The molecule has 0 aliphatic carbocycles. The Morgan fingerprint density at radius 3 is 2.15 bits per heavy atom. The van der Waals surface area contributed by atoms with Gasteiger partial charge in [0.2, 0.25) is 0 Å². The van der Waals surface area contributed by atoms with Crippen molar-refractivity contribution < 1.29 is 43.3 Å². The Bertz CT molecular complexity index is 876. The summed E-state index contributed by atoms with van der Waals surface area (Å²) in [6.07, 6.45) is 0.0197. The van der Waals surface area contributed by atoms with E-state index in [9.17, 15) is 34.6 Å². The van der Waals surface area contributed by atoms with Crippen LogP contribution in [0.5, 0.6) is 0 Å². The predicted octanol–water partition coefficient (Wildman–Crippen LogP) is 0.572. The molecule has 0 radical (unpaired) electrons. The van der Waals surface area contributed by atoms with Gasteiger partial charge < -0.3 is 24.4 Å². The van der Waals surface area contributed by atoms with Gasteiger partial charge in [0.05, 0.1) is 48.9 Å². The number of nitro groups is 2. The zero-order valence-corrected chi connectivity index (χ0v) is 17.4. The highest BCUT2D eigenvalue weighted by molar-refractivity contribution is 6.01. The Morgan fingerprint density at radius 2 is 1.55 bits per heavy atom. The van der Waals surface area contributed by atoms with Gasteiger partial charge in [0.1, 0.15) is 12.3 Å². The normalized spacial score (nSPS) is 13.3. The third kappa shape index (κ3) is 8.40. The summed E-state index contributed by atoms with van der Waals surface area (Å²) in [5.74, 6) is -2.02. The number of benzene rings is 1. The topological polar surface area (TPSA) is 190 Å². The minimum Gasteiger partial charge on any atom is -0.377 e. The first-order valence-corrected chi connectivity index (χ1v) is 9.76. The van der Waals surface area contributed by atoms with E-state index in [0.29, 0.717) is 5.06 Å². The van der Waals surface area contributed by atoms with Crippen molar-refractivity contribution in [2.75, 3.05) is 51.5 Å². The lowest BCUT2D eigenvalue weighted by atomic mass is 10.2. The van der Waals surface area contributed by atoms with Gasteiger partial charge in [-0.1, -0.05) is 0 Å². The fraction of sp³-hybridized carbons (Fsp3) is 0.500. The molecule has 15 heteroatoms. The molecule has 1 N–H and O–H groups in total. The predicted molar refractivity (Wildman–Crippen MR) is 108 cm³/mol. The molecule has 1 fully saturated rings. The van der Waals surface area contributed by atoms with Crippen LogP contribution in [0.3, 0.4) is 0 Å². The lowest BCUT2D eigenvalue weighted by molar-refractivity contribution is -0.393. The van der Waals surface area contributed by atoms with Crippen LogP contribution in [0.25, 0.3) is 0 Å². The molecule has 1 aliphatic rings. The Morgan fingerprint density at radius 1 is 0.939 bits per heavy atom. The zero-order chi connectivity index (χ0) is 24.2. The van der Waals surface area contributed by atoms with E-state index in [2.05, 4.69) is 10.2 Å². The Kier molecular flexibility index (Phi) is 10.1. The smallest absolute Gasteiger partial charge is 0.358 e. The second kappa shape index (κ2) is 13.0. The molecule has 1 aliphatic heterocycles. The van der Waals surface area contributed by atoms with Gasteiger partial charge in [0.25, 0.3) is 23.2 Å². The Labute approximate surface area is 186 Å². The van der Waals surface area contributed by atoms with Gasteiger partial charge in [-0.25, -0.2) is 4.79 Å². The highest BCUT2D eigenvalue weighted by Gasteiger charge is 2.32. The van der Waals surface area contributed by atoms with Crippen molar-refractivity contribution in [3.05, 3.63) is 38.4 Å². The van der Waals surface area contributed by atoms with Gasteiger partial charge >= 0.3 is 5.97 Å². The highest BCUT2D eigenvalue weighted by atomic mass is 16.7. The minimum absolute atomic E-state index is 0.00983. The first-order chi connectivity index (χ1) is 15.8. The second-order valence-electron chi connectivity index (χ2n) is 6.46. The molecule has 15 nitrogen and oxygen atoms in total. The summed E-state index contributed by atoms with van der Waals surface area (Å²) in [7, 11) is 0. The van der Waals surface area contributed by atoms with Crippen LogP contribution in [0.2, 0.25) is 0 Å². The highest BCUT2D eigenvalue weighted by Crippen LogP contribution is 2.28. The largest absolute Gasteiger partial charge is 0.377 e. The molecule has 0 bridgehead atoms. The molecule has 33 heavy (non-hydrogen) atoms. The summed E-state index contributed by atoms with van der Waals surface area (Å²) < 4.78 is 15.6. The molecule has 180 valence electrons. The van der Waals surface area contributed by atoms with Crippen LogP contribution in [0, 0.1) is 20.2 Å². The maximum absolute atomic E-state index is 11.5. The third-order valence-corrected chi connectivity index (χ3v) is 4.11. The molecule has 0 saturated carbocycles.